The minimum atomic E-state index is -0.679. The van der Waals surface area contributed by atoms with Crippen molar-refractivity contribution in [1.29, 1.82) is 0 Å². The predicted molar refractivity (Wildman–Crippen MR) is 50.4 cm³/mol. The fourth-order valence-corrected chi connectivity index (χ4v) is 1.62. The summed E-state index contributed by atoms with van der Waals surface area (Å²) in [5.41, 5.74) is 5.12. The van der Waals surface area contributed by atoms with E-state index in [4.69, 9.17) is 5.73 Å². The van der Waals surface area contributed by atoms with Gasteiger partial charge in [0.1, 0.15) is 0 Å². The molecular weight excluding hydrogens is 202 g/mol. The molecule has 0 aromatic rings. The monoisotopic (exact) mass is 215 g/mol. The fraction of sp³-hybridized carbons (Fsp3) is 0.750. The van der Waals surface area contributed by atoms with Crippen LogP contribution in [0.2, 0.25) is 0 Å². The van der Waals surface area contributed by atoms with Gasteiger partial charge in [-0.05, 0) is 12.8 Å². The number of hydrogen-bond acceptors (Lipinski definition) is 4. The molecule has 0 aromatic carbocycles. The third kappa shape index (κ3) is 3.19. The Morgan fingerprint density at radius 2 is 1.93 bits per heavy atom. The Kier molecular flexibility index (Phi) is 3.59. The number of carbonyl (C=O) groups is 2. The van der Waals surface area contributed by atoms with E-state index in [1.165, 1.54) is 4.90 Å². The number of amides is 2. The summed E-state index contributed by atoms with van der Waals surface area (Å²) in [4.78, 5) is 32.9. The summed E-state index contributed by atoms with van der Waals surface area (Å²) in [7, 11) is 0. The number of likely N-dealkylation sites (tertiary alicyclic amines) is 1. The molecule has 1 aliphatic heterocycles. The first kappa shape index (κ1) is 11.4. The van der Waals surface area contributed by atoms with Crippen LogP contribution in [0, 0.1) is 16.0 Å². The SMILES string of the molecule is NC(=O)C1CCN(C(=O)C[N+](=O)[O-])CC1. The number of nitrogens with two attached hydrogens (primary N) is 1. The van der Waals surface area contributed by atoms with Crippen molar-refractivity contribution in [2.45, 2.75) is 12.8 Å². The summed E-state index contributed by atoms with van der Waals surface area (Å²) in [5.74, 6) is -1.07. The van der Waals surface area contributed by atoms with E-state index in [0.717, 1.165) is 0 Å². The van der Waals surface area contributed by atoms with Gasteiger partial charge in [0, 0.05) is 23.9 Å². The zero-order valence-electron chi connectivity index (χ0n) is 8.22. The normalized spacial score (nSPS) is 17.5. The van der Waals surface area contributed by atoms with Gasteiger partial charge < -0.3 is 10.6 Å². The van der Waals surface area contributed by atoms with Crippen molar-refractivity contribution >= 4 is 11.8 Å². The molecule has 2 amide bonds. The molecule has 0 saturated carbocycles. The van der Waals surface area contributed by atoms with Crippen molar-refractivity contribution in [3.05, 3.63) is 10.1 Å². The maximum Gasteiger partial charge on any atom is 0.294 e. The minimum absolute atomic E-state index is 0.204. The van der Waals surface area contributed by atoms with Crippen LogP contribution in [0.1, 0.15) is 12.8 Å². The van der Waals surface area contributed by atoms with Gasteiger partial charge in [0.2, 0.25) is 5.91 Å². The second-order valence-corrected chi connectivity index (χ2v) is 3.55. The van der Waals surface area contributed by atoms with E-state index in [0.29, 0.717) is 25.9 Å². The highest BCUT2D eigenvalue weighted by molar-refractivity contribution is 5.79. The number of rotatable bonds is 3. The van der Waals surface area contributed by atoms with E-state index in [1.807, 2.05) is 0 Å². The van der Waals surface area contributed by atoms with Gasteiger partial charge in [0.15, 0.2) is 0 Å². The van der Waals surface area contributed by atoms with Gasteiger partial charge in [-0.15, -0.1) is 0 Å². The highest BCUT2D eigenvalue weighted by atomic mass is 16.6. The molecule has 0 radical (unpaired) electrons. The van der Waals surface area contributed by atoms with Crippen LogP contribution in [0.15, 0.2) is 0 Å². The lowest BCUT2D eigenvalue weighted by Crippen LogP contribution is -2.43. The Morgan fingerprint density at radius 1 is 1.40 bits per heavy atom. The Bertz CT molecular complexity index is 284. The van der Waals surface area contributed by atoms with Gasteiger partial charge in [0.25, 0.3) is 12.5 Å². The summed E-state index contributed by atoms with van der Waals surface area (Å²) in [6.07, 6.45) is 0.998. The molecule has 0 aromatic heterocycles. The second kappa shape index (κ2) is 4.72. The van der Waals surface area contributed by atoms with E-state index >= 15 is 0 Å². The molecule has 84 valence electrons. The van der Waals surface area contributed by atoms with Crippen LogP contribution >= 0.6 is 0 Å². The van der Waals surface area contributed by atoms with Gasteiger partial charge in [-0.1, -0.05) is 0 Å². The summed E-state index contributed by atoms with van der Waals surface area (Å²) in [6, 6.07) is 0. The maximum absolute atomic E-state index is 11.3. The minimum Gasteiger partial charge on any atom is -0.369 e. The standard InChI is InChI=1S/C8H13N3O4/c9-8(13)6-1-3-10(4-2-6)7(12)5-11(14)15/h6H,1-5H2,(H2,9,13). The van der Waals surface area contributed by atoms with E-state index in [1.54, 1.807) is 0 Å². The summed E-state index contributed by atoms with van der Waals surface area (Å²) in [6.45, 7) is 0.0712. The highest BCUT2D eigenvalue weighted by Crippen LogP contribution is 2.16. The first-order valence-corrected chi connectivity index (χ1v) is 4.69. The van der Waals surface area contributed by atoms with Crippen LogP contribution in [0.4, 0.5) is 0 Å². The topological polar surface area (TPSA) is 107 Å². The van der Waals surface area contributed by atoms with Crippen molar-refractivity contribution in [2.75, 3.05) is 19.6 Å². The zero-order valence-corrected chi connectivity index (χ0v) is 8.22. The number of piperidine rings is 1. The number of primary amides is 1. The number of nitro groups is 1. The number of nitrogens with zero attached hydrogens (tertiary/aromatic N) is 2. The largest absolute Gasteiger partial charge is 0.369 e. The average Bonchev–Trinajstić information content (AvgIpc) is 2.17. The lowest BCUT2D eigenvalue weighted by Gasteiger charge is -2.29. The van der Waals surface area contributed by atoms with E-state index in [9.17, 15) is 19.7 Å². The fourth-order valence-electron chi connectivity index (χ4n) is 1.62. The molecule has 0 bridgehead atoms. The molecule has 0 aliphatic carbocycles. The Labute approximate surface area is 86.4 Å². The van der Waals surface area contributed by atoms with Gasteiger partial charge in [-0.2, -0.15) is 0 Å². The van der Waals surface area contributed by atoms with Crippen molar-refractivity contribution in [3.8, 4) is 0 Å². The number of hydrogen-bond donors (Lipinski definition) is 1. The van der Waals surface area contributed by atoms with Crippen molar-refractivity contribution < 1.29 is 14.5 Å². The zero-order chi connectivity index (χ0) is 11.4. The molecule has 1 saturated heterocycles. The summed E-state index contributed by atoms with van der Waals surface area (Å²) in [5, 5.41) is 10.1. The van der Waals surface area contributed by atoms with Crippen LogP contribution < -0.4 is 5.73 Å². The Balaban J connectivity index is 2.40. The smallest absolute Gasteiger partial charge is 0.294 e. The van der Waals surface area contributed by atoms with E-state index in [2.05, 4.69) is 0 Å². The van der Waals surface area contributed by atoms with E-state index < -0.39 is 17.4 Å². The molecule has 2 N–H and O–H groups in total. The molecule has 0 unspecified atom stereocenters. The Hall–Kier alpha value is -1.66. The van der Waals surface area contributed by atoms with Crippen molar-refractivity contribution in [3.63, 3.8) is 0 Å². The third-order valence-electron chi connectivity index (χ3n) is 2.51. The average molecular weight is 215 g/mol. The lowest BCUT2D eigenvalue weighted by molar-refractivity contribution is -0.468. The van der Waals surface area contributed by atoms with Gasteiger partial charge in [0.05, 0.1) is 0 Å². The van der Waals surface area contributed by atoms with E-state index in [-0.39, 0.29) is 11.8 Å². The van der Waals surface area contributed by atoms with Crippen LogP contribution in [-0.2, 0) is 9.59 Å². The molecular formula is C8H13N3O4. The van der Waals surface area contributed by atoms with Crippen molar-refractivity contribution in [1.82, 2.24) is 4.90 Å². The first-order chi connectivity index (χ1) is 7.00. The molecule has 1 rings (SSSR count). The molecule has 1 fully saturated rings. The summed E-state index contributed by atoms with van der Waals surface area (Å²) < 4.78 is 0. The van der Waals surface area contributed by atoms with Crippen LogP contribution in [0.3, 0.4) is 0 Å². The van der Waals surface area contributed by atoms with Crippen LogP contribution in [0.25, 0.3) is 0 Å². The predicted octanol–water partition coefficient (Wildman–Crippen LogP) is -1.01. The second-order valence-electron chi connectivity index (χ2n) is 3.55. The number of carbonyl (C=O) groups excluding carboxylic acids is 2. The van der Waals surface area contributed by atoms with Gasteiger partial charge in [-0.25, -0.2) is 0 Å². The molecule has 1 heterocycles. The van der Waals surface area contributed by atoms with Crippen LogP contribution in [0.5, 0.6) is 0 Å². The molecule has 1 aliphatic rings. The Morgan fingerprint density at radius 3 is 2.33 bits per heavy atom. The van der Waals surface area contributed by atoms with Crippen LogP contribution in [-0.4, -0.2) is 41.3 Å². The first-order valence-electron chi connectivity index (χ1n) is 4.69. The summed E-state index contributed by atoms with van der Waals surface area (Å²) >= 11 is 0. The lowest BCUT2D eigenvalue weighted by atomic mass is 9.96. The third-order valence-corrected chi connectivity index (χ3v) is 2.51. The van der Waals surface area contributed by atoms with Gasteiger partial charge >= 0.3 is 0 Å². The molecule has 0 spiro atoms. The van der Waals surface area contributed by atoms with Gasteiger partial charge in [-0.3, -0.25) is 19.7 Å². The molecule has 15 heavy (non-hydrogen) atoms. The molecule has 0 atom stereocenters. The molecule has 7 nitrogen and oxygen atoms in total. The maximum atomic E-state index is 11.3. The highest BCUT2D eigenvalue weighted by Gasteiger charge is 2.27. The quantitative estimate of drug-likeness (QED) is 0.480. The molecule has 7 heteroatoms. The van der Waals surface area contributed by atoms with Crippen molar-refractivity contribution in [2.24, 2.45) is 11.7 Å².